The van der Waals surface area contributed by atoms with E-state index < -0.39 is 0 Å². The summed E-state index contributed by atoms with van der Waals surface area (Å²) in [5.41, 5.74) is 0.350. The van der Waals surface area contributed by atoms with Crippen molar-refractivity contribution in [1.82, 2.24) is 0 Å². The van der Waals surface area contributed by atoms with Crippen molar-refractivity contribution in [2.75, 3.05) is 0 Å². The van der Waals surface area contributed by atoms with Crippen molar-refractivity contribution in [3.05, 3.63) is 12.2 Å². The van der Waals surface area contributed by atoms with Crippen LogP contribution in [0.1, 0.15) is 66.2 Å². The lowest BCUT2D eigenvalue weighted by molar-refractivity contribution is -0.181. The number of esters is 1. The van der Waals surface area contributed by atoms with Gasteiger partial charge in [0.15, 0.2) is 0 Å². The molecule has 2 bridgehead atoms. The number of carbonyl (C=O) groups excluding carboxylic acids is 1. The van der Waals surface area contributed by atoms with E-state index >= 15 is 0 Å². The molecule has 118 valence electrons. The molecule has 3 aliphatic rings. The van der Waals surface area contributed by atoms with Crippen LogP contribution in [-0.2, 0) is 9.53 Å². The highest BCUT2D eigenvalue weighted by Crippen LogP contribution is 2.63. The number of hydrogen-bond donors (Lipinski definition) is 0. The fourth-order valence-corrected chi connectivity index (χ4v) is 5.89. The lowest BCUT2D eigenvalue weighted by Gasteiger charge is -2.48. The van der Waals surface area contributed by atoms with Gasteiger partial charge in [-0.1, -0.05) is 33.8 Å². The number of ether oxygens (including phenoxy) is 1. The average Bonchev–Trinajstić information content (AvgIpc) is 3.02. The zero-order chi connectivity index (χ0) is 15.4. The Bertz CT molecular complexity index is 464. The van der Waals surface area contributed by atoms with Gasteiger partial charge in [0.25, 0.3) is 0 Å². The standard InChI is InChI=1S/C19H30O2/c1-12(2)17(20)21-19(11-13(3)10-18(19,4)5)16-9-14-6-7-15(16)8-14/h13-16H,1,6-11H2,2-5H3. The van der Waals surface area contributed by atoms with Crippen molar-refractivity contribution in [2.24, 2.45) is 29.1 Å². The molecule has 0 spiro atoms. The molecule has 0 N–H and O–H groups in total. The summed E-state index contributed by atoms with van der Waals surface area (Å²) in [5.74, 6) is 2.68. The molecule has 0 aromatic heterocycles. The molecule has 5 unspecified atom stereocenters. The number of fused-ring (bicyclic) bond motifs is 2. The van der Waals surface area contributed by atoms with Crippen LogP contribution in [0, 0.1) is 29.1 Å². The van der Waals surface area contributed by atoms with E-state index in [2.05, 4.69) is 27.4 Å². The molecule has 3 aliphatic carbocycles. The van der Waals surface area contributed by atoms with Crippen LogP contribution in [0.3, 0.4) is 0 Å². The second kappa shape index (κ2) is 4.86. The fourth-order valence-electron chi connectivity index (χ4n) is 5.89. The molecule has 3 fully saturated rings. The molecule has 2 nitrogen and oxygen atoms in total. The predicted octanol–water partition coefficient (Wildman–Crippen LogP) is 4.74. The lowest BCUT2D eigenvalue weighted by atomic mass is 9.65. The van der Waals surface area contributed by atoms with Crippen LogP contribution in [-0.4, -0.2) is 11.6 Å². The smallest absolute Gasteiger partial charge is 0.333 e. The molecule has 0 aromatic rings. The van der Waals surface area contributed by atoms with Crippen LogP contribution in [0.25, 0.3) is 0 Å². The van der Waals surface area contributed by atoms with E-state index in [1.165, 1.54) is 25.7 Å². The highest BCUT2D eigenvalue weighted by Gasteiger charge is 2.62. The van der Waals surface area contributed by atoms with E-state index in [1.807, 2.05) is 0 Å². The van der Waals surface area contributed by atoms with E-state index in [0.29, 0.717) is 17.4 Å². The number of carbonyl (C=O) groups is 1. The minimum Gasteiger partial charge on any atom is -0.455 e. The van der Waals surface area contributed by atoms with Crippen LogP contribution in [0.2, 0.25) is 0 Å². The van der Waals surface area contributed by atoms with Crippen molar-refractivity contribution in [2.45, 2.75) is 71.8 Å². The zero-order valence-electron chi connectivity index (χ0n) is 14.1. The van der Waals surface area contributed by atoms with E-state index in [1.54, 1.807) is 6.92 Å². The Hall–Kier alpha value is -0.790. The normalized spacial score (nSPS) is 44.0. The molecular weight excluding hydrogens is 260 g/mol. The first-order valence-electron chi connectivity index (χ1n) is 8.64. The maximum Gasteiger partial charge on any atom is 0.333 e. The fraction of sp³-hybridized carbons (Fsp3) is 0.842. The second-order valence-electron chi connectivity index (χ2n) is 8.74. The van der Waals surface area contributed by atoms with Gasteiger partial charge in [0.2, 0.25) is 0 Å². The maximum atomic E-state index is 12.3. The average molecular weight is 290 g/mol. The van der Waals surface area contributed by atoms with E-state index in [0.717, 1.165) is 24.7 Å². The van der Waals surface area contributed by atoms with Crippen molar-refractivity contribution in [3.8, 4) is 0 Å². The topological polar surface area (TPSA) is 26.3 Å². The summed E-state index contributed by atoms with van der Waals surface area (Å²) in [4.78, 5) is 12.3. The number of rotatable bonds is 3. The molecule has 0 aliphatic heterocycles. The molecule has 3 saturated carbocycles. The Morgan fingerprint density at radius 2 is 1.90 bits per heavy atom. The van der Waals surface area contributed by atoms with Gasteiger partial charge >= 0.3 is 5.97 Å². The summed E-state index contributed by atoms with van der Waals surface area (Å²) < 4.78 is 6.24. The molecule has 21 heavy (non-hydrogen) atoms. The third-order valence-electron chi connectivity index (χ3n) is 6.62. The van der Waals surface area contributed by atoms with Gasteiger partial charge in [0, 0.05) is 16.9 Å². The third-order valence-corrected chi connectivity index (χ3v) is 6.62. The van der Waals surface area contributed by atoms with Gasteiger partial charge in [0.05, 0.1) is 0 Å². The Labute approximate surface area is 129 Å². The quantitative estimate of drug-likeness (QED) is 0.554. The molecule has 3 rings (SSSR count). The van der Waals surface area contributed by atoms with Gasteiger partial charge in [0.1, 0.15) is 5.60 Å². The molecule has 0 heterocycles. The third kappa shape index (κ3) is 2.26. The van der Waals surface area contributed by atoms with Crippen molar-refractivity contribution in [3.63, 3.8) is 0 Å². The van der Waals surface area contributed by atoms with Gasteiger partial charge < -0.3 is 4.74 Å². The van der Waals surface area contributed by atoms with Crippen LogP contribution in [0.5, 0.6) is 0 Å². The van der Waals surface area contributed by atoms with Gasteiger partial charge in [-0.05, 0) is 56.8 Å². The van der Waals surface area contributed by atoms with Crippen LogP contribution >= 0.6 is 0 Å². The maximum absolute atomic E-state index is 12.3. The first-order valence-corrected chi connectivity index (χ1v) is 8.64. The van der Waals surface area contributed by atoms with Crippen molar-refractivity contribution >= 4 is 5.97 Å². The summed E-state index contributed by atoms with van der Waals surface area (Å²) in [6.45, 7) is 12.5. The summed E-state index contributed by atoms with van der Waals surface area (Å²) in [6, 6.07) is 0. The summed E-state index contributed by atoms with van der Waals surface area (Å²) in [6.07, 6.45) is 7.55. The minimum atomic E-state index is -0.262. The van der Waals surface area contributed by atoms with Crippen molar-refractivity contribution < 1.29 is 9.53 Å². The SMILES string of the molecule is C=C(C)C(=O)OC1(C2CC3CCC2C3)CC(C)CC1(C)C. The van der Waals surface area contributed by atoms with Gasteiger partial charge in [-0.25, -0.2) is 4.79 Å². The molecule has 0 radical (unpaired) electrons. The van der Waals surface area contributed by atoms with Gasteiger partial charge in [-0.15, -0.1) is 0 Å². The van der Waals surface area contributed by atoms with Gasteiger partial charge in [-0.3, -0.25) is 0 Å². The first-order chi connectivity index (χ1) is 9.75. The minimum absolute atomic E-state index is 0.0761. The molecule has 0 saturated heterocycles. The number of hydrogen-bond acceptors (Lipinski definition) is 2. The van der Waals surface area contributed by atoms with Crippen LogP contribution in [0.4, 0.5) is 0 Å². The molecule has 0 aromatic carbocycles. The molecule has 5 atom stereocenters. The second-order valence-corrected chi connectivity index (χ2v) is 8.74. The largest absolute Gasteiger partial charge is 0.455 e. The summed E-state index contributed by atoms with van der Waals surface area (Å²) in [7, 11) is 0. The van der Waals surface area contributed by atoms with Crippen LogP contribution < -0.4 is 0 Å². The zero-order valence-corrected chi connectivity index (χ0v) is 14.1. The monoisotopic (exact) mass is 290 g/mol. The molecule has 0 amide bonds. The van der Waals surface area contributed by atoms with E-state index in [4.69, 9.17) is 4.74 Å². The van der Waals surface area contributed by atoms with Gasteiger partial charge in [-0.2, -0.15) is 0 Å². The van der Waals surface area contributed by atoms with E-state index in [9.17, 15) is 4.79 Å². The van der Waals surface area contributed by atoms with E-state index in [-0.39, 0.29) is 17.0 Å². The molecular formula is C19H30O2. The first kappa shape index (κ1) is 15.1. The lowest BCUT2D eigenvalue weighted by Crippen LogP contribution is -2.52. The Morgan fingerprint density at radius 1 is 1.19 bits per heavy atom. The highest BCUT2D eigenvalue weighted by molar-refractivity contribution is 5.87. The molecule has 2 heteroatoms. The highest BCUT2D eigenvalue weighted by atomic mass is 16.6. The van der Waals surface area contributed by atoms with Crippen molar-refractivity contribution in [1.29, 1.82) is 0 Å². The predicted molar refractivity (Wildman–Crippen MR) is 84.8 cm³/mol. The Morgan fingerprint density at radius 3 is 2.33 bits per heavy atom. The summed E-state index contributed by atoms with van der Waals surface area (Å²) in [5, 5.41) is 0. The van der Waals surface area contributed by atoms with Crippen LogP contribution in [0.15, 0.2) is 12.2 Å². The Kier molecular flexibility index (Phi) is 3.50. The summed E-state index contributed by atoms with van der Waals surface area (Å²) >= 11 is 0. The Balaban J connectivity index is 1.95.